The van der Waals surface area contributed by atoms with Gasteiger partial charge < -0.3 is 4.90 Å². The standard InChI is InChI=1S/C13H20ClN3O/c1-9-12(10(2)16(3)15-9)13(18)17-7-5-4-6-11(17)8-14/h11H,4-8H2,1-3H3. The van der Waals surface area contributed by atoms with Crippen molar-refractivity contribution in [3.05, 3.63) is 17.0 Å². The van der Waals surface area contributed by atoms with Gasteiger partial charge in [-0.3, -0.25) is 9.48 Å². The first-order valence-corrected chi connectivity index (χ1v) is 6.96. The predicted octanol–water partition coefficient (Wildman–Crippen LogP) is 2.27. The number of hydrogen-bond donors (Lipinski definition) is 0. The molecule has 2 heterocycles. The maximum absolute atomic E-state index is 12.6. The largest absolute Gasteiger partial charge is 0.334 e. The number of amides is 1. The van der Waals surface area contributed by atoms with Crippen LogP contribution in [0.25, 0.3) is 0 Å². The molecule has 0 N–H and O–H groups in total. The number of carbonyl (C=O) groups is 1. The predicted molar refractivity (Wildman–Crippen MR) is 72.1 cm³/mol. The van der Waals surface area contributed by atoms with Crippen LogP contribution in [0.5, 0.6) is 0 Å². The van der Waals surface area contributed by atoms with Crippen molar-refractivity contribution < 1.29 is 4.79 Å². The zero-order valence-corrected chi connectivity index (χ0v) is 12.0. The van der Waals surface area contributed by atoms with Crippen molar-refractivity contribution >= 4 is 17.5 Å². The van der Waals surface area contributed by atoms with Crippen LogP contribution in [0.3, 0.4) is 0 Å². The Morgan fingerprint density at radius 2 is 2.17 bits per heavy atom. The highest BCUT2D eigenvalue weighted by Crippen LogP contribution is 2.23. The highest BCUT2D eigenvalue weighted by atomic mass is 35.5. The molecule has 1 atom stereocenters. The summed E-state index contributed by atoms with van der Waals surface area (Å²) < 4.78 is 1.77. The molecular weight excluding hydrogens is 250 g/mol. The van der Waals surface area contributed by atoms with E-state index in [1.165, 1.54) is 0 Å². The van der Waals surface area contributed by atoms with Crippen LogP contribution in [0.4, 0.5) is 0 Å². The van der Waals surface area contributed by atoms with Gasteiger partial charge in [0.15, 0.2) is 0 Å². The lowest BCUT2D eigenvalue weighted by Crippen LogP contribution is -2.45. The molecule has 5 heteroatoms. The van der Waals surface area contributed by atoms with Crippen molar-refractivity contribution in [3.8, 4) is 0 Å². The molecule has 0 bridgehead atoms. The second-order valence-electron chi connectivity index (χ2n) is 4.97. The maximum Gasteiger partial charge on any atom is 0.257 e. The van der Waals surface area contributed by atoms with Gasteiger partial charge in [0.2, 0.25) is 0 Å². The molecule has 0 aliphatic carbocycles. The number of halogens is 1. The molecule has 1 amide bonds. The smallest absolute Gasteiger partial charge is 0.257 e. The Morgan fingerprint density at radius 3 is 2.72 bits per heavy atom. The first-order chi connectivity index (χ1) is 8.56. The quantitative estimate of drug-likeness (QED) is 0.773. The molecule has 1 aliphatic rings. The number of likely N-dealkylation sites (tertiary alicyclic amines) is 1. The van der Waals surface area contributed by atoms with Crippen molar-refractivity contribution in [2.75, 3.05) is 12.4 Å². The van der Waals surface area contributed by atoms with Gasteiger partial charge in [-0.2, -0.15) is 5.10 Å². The zero-order valence-electron chi connectivity index (χ0n) is 11.2. The van der Waals surface area contributed by atoms with Gasteiger partial charge in [-0.1, -0.05) is 0 Å². The fourth-order valence-electron chi connectivity index (χ4n) is 2.66. The van der Waals surface area contributed by atoms with Gasteiger partial charge in [0.25, 0.3) is 5.91 Å². The van der Waals surface area contributed by atoms with Crippen LogP contribution in [0, 0.1) is 13.8 Å². The molecule has 4 nitrogen and oxygen atoms in total. The Labute approximate surface area is 113 Å². The molecule has 0 spiro atoms. The molecular formula is C13H20ClN3O. The molecule has 1 saturated heterocycles. The Hall–Kier alpha value is -1.03. The van der Waals surface area contributed by atoms with E-state index in [9.17, 15) is 4.79 Å². The van der Waals surface area contributed by atoms with E-state index >= 15 is 0 Å². The minimum atomic E-state index is 0.0865. The molecule has 1 aromatic heterocycles. The SMILES string of the molecule is Cc1nn(C)c(C)c1C(=O)N1CCCCC1CCl. The Bertz CT molecular complexity index is 455. The summed E-state index contributed by atoms with van der Waals surface area (Å²) in [4.78, 5) is 14.6. The molecule has 0 aromatic carbocycles. The molecule has 1 unspecified atom stereocenters. The lowest BCUT2D eigenvalue weighted by molar-refractivity contribution is 0.0637. The molecule has 0 radical (unpaired) electrons. The molecule has 18 heavy (non-hydrogen) atoms. The number of alkyl halides is 1. The summed E-state index contributed by atoms with van der Waals surface area (Å²) >= 11 is 5.98. The van der Waals surface area contributed by atoms with E-state index in [2.05, 4.69) is 5.10 Å². The van der Waals surface area contributed by atoms with Crippen molar-refractivity contribution in [1.29, 1.82) is 0 Å². The Morgan fingerprint density at radius 1 is 1.44 bits per heavy atom. The van der Waals surface area contributed by atoms with Crippen LogP contribution in [0.2, 0.25) is 0 Å². The van der Waals surface area contributed by atoms with Gasteiger partial charge in [0, 0.05) is 31.2 Å². The van der Waals surface area contributed by atoms with E-state index in [0.717, 1.165) is 42.8 Å². The average Bonchev–Trinajstić information content (AvgIpc) is 2.62. The minimum absolute atomic E-state index is 0.0865. The summed E-state index contributed by atoms with van der Waals surface area (Å²) in [5, 5.41) is 4.31. The first-order valence-electron chi connectivity index (χ1n) is 6.43. The topological polar surface area (TPSA) is 38.1 Å². The lowest BCUT2D eigenvalue weighted by atomic mass is 10.0. The molecule has 100 valence electrons. The van der Waals surface area contributed by atoms with Crippen molar-refractivity contribution in [1.82, 2.24) is 14.7 Å². The van der Waals surface area contributed by atoms with Crippen LogP contribution in [-0.4, -0.2) is 39.1 Å². The van der Waals surface area contributed by atoms with Crippen LogP contribution >= 0.6 is 11.6 Å². The summed E-state index contributed by atoms with van der Waals surface area (Å²) in [6.45, 7) is 4.64. The van der Waals surface area contributed by atoms with Crippen molar-refractivity contribution in [2.45, 2.75) is 39.2 Å². The van der Waals surface area contributed by atoms with E-state index in [1.54, 1.807) is 4.68 Å². The van der Waals surface area contributed by atoms with E-state index in [-0.39, 0.29) is 11.9 Å². The van der Waals surface area contributed by atoms with Gasteiger partial charge in [-0.05, 0) is 33.1 Å². The van der Waals surface area contributed by atoms with Gasteiger partial charge >= 0.3 is 0 Å². The van der Waals surface area contributed by atoms with Gasteiger partial charge in [0.05, 0.1) is 11.3 Å². The molecule has 1 aromatic rings. The second-order valence-corrected chi connectivity index (χ2v) is 5.28. The van der Waals surface area contributed by atoms with E-state index in [4.69, 9.17) is 11.6 Å². The fraction of sp³-hybridized carbons (Fsp3) is 0.692. The number of aryl methyl sites for hydroxylation is 2. The zero-order chi connectivity index (χ0) is 13.3. The molecule has 0 saturated carbocycles. The number of carbonyl (C=O) groups excluding carboxylic acids is 1. The summed E-state index contributed by atoms with van der Waals surface area (Å²) in [7, 11) is 1.87. The third kappa shape index (κ3) is 2.26. The lowest BCUT2D eigenvalue weighted by Gasteiger charge is -2.34. The molecule has 1 fully saturated rings. The number of rotatable bonds is 2. The highest BCUT2D eigenvalue weighted by molar-refractivity contribution is 6.18. The van der Waals surface area contributed by atoms with E-state index in [0.29, 0.717) is 5.88 Å². The third-order valence-corrected chi connectivity index (χ3v) is 4.15. The monoisotopic (exact) mass is 269 g/mol. The maximum atomic E-state index is 12.6. The number of piperidine rings is 1. The first kappa shape index (κ1) is 13.4. The molecule has 1 aliphatic heterocycles. The Kier molecular flexibility index (Phi) is 3.95. The summed E-state index contributed by atoms with van der Waals surface area (Å²) in [5.41, 5.74) is 2.48. The van der Waals surface area contributed by atoms with Gasteiger partial charge in [-0.15, -0.1) is 11.6 Å². The minimum Gasteiger partial charge on any atom is -0.334 e. The van der Waals surface area contributed by atoms with Gasteiger partial charge in [0.1, 0.15) is 0 Å². The average molecular weight is 270 g/mol. The van der Waals surface area contributed by atoms with Crippen LogP contribution < -0.4 is 0 Å². The van der Waals surface area contributed by atoms with E-state index < -0.39 is 0 Å². The Balaban J connectivity index is 2.29. The number of nitrogens with zero attached hydrogens (tertiary/aromatic N) is 3. The van der Waals surface area contributed by atoms with Crippen LogP contribution in [0.15, 0.2) is 0 Å². The highest BCUT2D eigenvalue weighted by Gasteiger charge is 2.29. The third-order valence-electron chi connectivity index (χ3n) is 3.79. The molecule has 2 rings (SSSR count). The van der Waals surface area contributed by atoms with E-state index in [1.807, 2.05) is 25.8 Å². The number of hydrogen-bond acceptors (Lipinski definition) is 2. The summed E-state index contributed by atoms with van der Waals surface area (Å²) in [6.07, 6.45) is 3.23. The van der Waals surface area contributed by atoms with Crippen LogP contribution in [0.1, 0.15) is 41.0 Å². The summed E-state index contributed by atoms with van der Waals surface area (Å²) in [5.74, 6) is 0.604. The summed E-state index contributed by atoms with van der Waals surface area (Å²) in [6, 6.07) is 0.173. The van der Waals surface area contributed by atoms with Crippen molar-refractivity contribution in [3.63, 3.8) is 0 Å². The van der Waals surface area contributed by atoms with Crippen molar-refractivity contribution in [2.24, 2.45) is 7.05 Å². The second kappa shape index (κ2) is 5.31. The normalized spacial score (nSPS) is 20.2. The fourth-order valence-corrected chi connectivity index (χ4v) is 2.98. The number of aromatic nitrogens is 2. The van der Waals surface area contributed by atoms with Gasteiger partial charge in [-0.25, -0.2) is 0 Å². The van der Waals surface area contributed by atoms with Crippen LogP contribution in [-0.2, 0) is 7.05 Å².